The number of sulfonamides is 1. The van der Waals surface area contributed by atoms with E-state index in [1.165, 1.54) is 14.2 Å². The molecular formula is C29H34F5N7O4S. The van der Waals surface area contributed by atoms with Gasteiger partial charge in [0.2, 0.25) is 16.0 Å². The van der Waals surface area contributed by atoms with Gasteiger partial charge in [0.1, 0.15) is 29.1 Å². The molecule has 46 heavy (non-hydrogen) atoms. The summed E-state index contributed by atoms with van der Waals surface area (Å²) in [6, 6.07) is 6.02. The van der Waals surface area contributed by atoms with Gasteiger partial charge >= 0.3 is 6.18 Å². The van der Waals surface area contributed by atoms with Crippen LogP contribution < -0.4 is 25.0 Å². The van der Waals surface area contributed by atoms with Crippen molar-refractivity contribution in [3.63, 3.8) is 0 Å². The number of piperidine rings is 1. The van der Waals surface area contributed by atoms with Crippen molar-refractivity contribution in [2.75, 3.05) is 55.5 Å². The number of aryl methyl sites for hydroxylation is 1. The molecule has 1 aromatic heterocycles. The fourth-order valence-corrected chi connectivity index (χ4v) is 5.37. The molecule has 3 aromatic rings. The first-order chi connectivity index (χ1) is 21.5. The fourth-order valence-electron chi connectivity index (χ4n) is 4.84. The summed E-state index contributed by atoms with van der Waals surface area (Å²) in [4.78, 5) is 22.3. The number of nitrogens with one attached hydrogen (secondary N) is 3. The highest BCUT2D eigenvalue weighted by Crippen LogP contribution is 2.36. The molecular weight excluding hydrogens is 637 g/mol. The minimum atomic E-state index is -4.86. The van der Waals surface area contributed by atoms with Gasteiger partial charge < -0.3 is 25.6 Å². The lowest BCUT2D eigenvalue weighted by atomic mass is 10.0. The Hall–Kier alpha value is -4.25. The second-order valence-corrected chi connectivity index (χ2v) is 13.0. The summed E-state index contributed by atoms with van der Waals surface area (Å²) in [5.41, 5.74) is -0.349. The zero-order valence-electron chi connectivity index (χ0n) is 25.7. The zero-order chi connectivity index (χ0) is 34.0. The number of benzene rings is 2. The molecule has 11 nitrogen and oxygen atoms in total. The van der Waals surface area contributed by atoms with E-state index in [1.54, 1.807) is 37.1 Å². The number of amides is 1. The molecule has 1 aliphatic rings. The summed E-state index contributed by atoms with van der Waals surface area (Å²) in [6.07, 6.45) is -4.32. The summed E-state index contributed by atoms with van der Waals surface area (Å²) in [5, 5.41) is 7.74. The van der Waals surface area contributed by atoms with Crippen molar-refractivity contribution in [1.29, 1.82) is 0 Å². The summed E-state index contributed by atoms with van der Waals surface area (Å²) in [6.45, 7) is 2.17. The lowest BCUT2D eigenvalue weighted by molar-refractivity contribution is -0.137. The smallest absolute Gasteiger partial charge is 0.421 e. The van der Waals surface area contributed by atoms with Crippen molar-refractivity contribution in [1.82, 2.24) is 20.2 Å². The van der Waals surface area contributed by atoms with Crippen molar-refractivity contribution < 1.29 is 39.9 Å². The number of carbonyl (C=O) groups is 1. The van der Waals surface area contributed by atoms with Crippen LogP contribution in [0.1, 0.15) is 33.5 Å². The Labute approximate surface area is 263 Å². The van der Waals surface area contributed by atoms with Crippen LogP contribution in [0.15, 0.2) is 36.5 Å². The topological polar surface area (TPSA) is 129 Å². The van der Waals surface area contributed by atoms with E-state index in [2.05, 4.69) is 25.9 Å². The van der Waals surface area contributed by atoms with E-state index in [0.29, 0.717) is 24.7 Å². The number of hydrogen-bond donors (Lipinski definition) is 3. The molecule has 1 aliphatic heterocycles. The molecule has 2 aromatic carbocycles. The highest BCUT2D eigenvalue weighted by Gasteiger charge is 2.36. The van der Waals surface area contributed by atoms with Gasteiger partial charge in [0.25, 0.3) is 5.91 Å². The van der Waals surface area contributed by atoms with E-state index >= 15 is 4.39 Å². The predicted molar refractivity (Wildman–Crippen MR) is 163 cm³/mol. The standard InChI is InChI=1S/C29H34F5N7O4S/c1-16-6-7-17(24(10-16)41(3)46(5,43)44)13-35-26-19(29(32,33)34)14-36-28(39-26)38-23-12-20(30)18(11-25(23)45-4)27(42)37-22-8-9-40(2)15-21(22)31/h6-7,10-12,14,21-22H,8-9,13,15H2,1-5H3,(H,37,42)(H2,35,36,38,39)/t21-,22+/m1/s1. The Balaban J connectivity index is 1.60. The molecule has 0 aliphatic carbocycles. The molecule has 0 radical (unpaired) electrons. The van der Waals surface area contributed by atoms with E-state index in [-0.39, 0.29) is 36.2 Å². The van der Waals surface area contributed by atoms with Crippen LogP contribution in [0.3, 0.4) is 0 Å². The molecule has 0 unspecified atom stereocenters. The number of methoxy groups -OCH3 is 1. The van der Waals surface area contributed by atoms with Gasteiger partial charge in [-0.2, -0.15) is 18.2 Å². The highest BCUT2D eigenvalue weighted by atomic mass is 32.2. The van der Waals surface area contributed by atoms with Gasteiger partial charge in [-0.05, 0) is 43.7 Å². The third-order valence-electron chi connectivity index (χ3n) is 7.46. The van der Waals surface area contributed by atoms with E-state index < -0.39 is 57.1 Å². The van der Waals surface area contributed by atoms with Crippen LogP contribution in [0.25, 0.3) is 0 Å². The van der Waals surface area contributed by atoms with Crippen LogP contribution >= 0.6 is 0 Å². The number of alkyl halides is 4. The number of hydrogen-bond acceptors (Lipinski definition) is 9. The van der Waals surface area contributed by atoms with E-state index in [9.17, 15) is 30.8 Å². The first-order valence-corrected chi connectivity index (χ1v) is 15.8. The Bertz CT molecular complexity index is 1710. The number of ether oxygens (including phenoxy) is 1. The third-order valence-corrected chi connectivity index (χ3v) is 8.65. The molecule has 0 saturated carbocycles. The quantitative estimate of drug-likeness (QED) is 0.268. The maximum Gasteiger partial charge on any atom is 0.421 e. The van der Waals surface area contributed by atoms with Gasteiger partial charge in [-0.15, -0.1) is 0 Å². The highest BCUT2D eigenvalue weighted by molar-refractivity contribution is 7.92. The molecule has 2 heterocycles. The normalized spacial score (nSPS) is 17.3. The average Bonchev–Trinajstić information content (AvgIpc) is 2.96. The molecule has 0 spiro atoms. The van der Waals surface area contributed by atoms with Crippen LogP contribution in [0.4, 0.5) is 45.1 Å². The van der Waals surface area contributed by atoms with Crippen molar-refractivity contribution in [3.8, 4) is 5.75 Å². The van der Waals surface area contributed by atoms with Gasteiger partial charge in [-0.1, -0.05) is 12.1 Å². The molecule has 0 bridgehead atoms. The molecule has 3 N–H and O–H groups in total. The van der Waals surface area contributed by atoms with Crippen LogP contribution in [0.5, 0.6) is 5.75 Å². The maximum atomic E-state index is 15.1. The van der Waals surface area contributed by atoms with Crippen molar-refractivity contribution in [2.45, 2.75) is 38.3 Å². The largest absolute Gasteiger partial charge is 0.495 e. The van der Waals surface area contributed by atoms with Crippen molar-refractivity contribution in [3.05, 3.63) is 64.6 Å². The molecule has 250 valence electrons. The molecule has 17 heteroatoms. The van der Waals surface area contributed by atoms with Crippen LogP contribution in [-0.2, 0) is 22.7 Å². The number of aromatic nitrogens is 2. The minimum absolute atomic E-state index is 0.0576. The first-order valence-electron chi connectivity index (χ1n) is 14.0. The van der Waals surface area contributed by atoms with E-state index in [1.807, 2.05) is 0 Å². The summed E-state index contributed by atoms with van der Waals surface area (Å²) < 4.78 is 102. The number of rotatable bonds is 10. The molecule has 1 fully saturated rings. The van der Waals surface area contributed by atoms with E-state index in [0.717, 1.165) is 28.3 Å². The molecule has 1 saturated heterocycles. The average molecular weight is 672 g/mol. The fraction of sp³-hybridized carbons (Fsp3) is 0.414. The van der Waals surface area contributed by atoms with Gasteiger partial charge in [0.15, 0.2) is 0 Å². The summed E-state index contributed by atoms with van der Waals surface area (Å²) in [7, 11) is 0.640. The number of halogens is 5. The lowest BCUT2D eigenvalue weighted by Crippen LogP contribution is -2.51. The Morgan fingerprint density at radius 1 is 1.22 bits per heavy atom. The van der Waals surface area contributed by atoms with E-state index in [4.69, 9.17) is 4.74 Å². The zero-order valence-corrected chi connectivity index (χ0v) is 26.5. The maximum absolute atomic E-state index is 15.1. The first kappa shape index (κ1) is 34.6. The number of likely N-dealkylation sites (tertiary alicyclic amines) is 1. The third kappa shape index (κ3) is 8.12. The van der Waals surface area contributed by atoms with Crippen LogP contribution in [-0.4, -0.2) is 82.0 Å². The second kappa shape index (κ2) is 13.6. The molecule has 2 atom stereocenters. The lowest BCUT2D eigenvalue weighted by Gasteiger charge is -2.32. The number of nitrogens with zero attached hydrogens (tertiary/aromatic N) is 4. The summed E-state index contributed by atoms with van der Waals surface area (Å²) >= 11 is 0. The predicted octanol–water partition coefficient (Wildman–Crippen LogP) is 4.48. The van der Waals surface area contributed by atoms with Crippen molar-refractivity contribution >= 4 is 39.1 Å². The van der Waals surface area contributed by atoms with Crippen molar-refractivity contribution in [2.24, 2.45) is 0 Å². The number of anilines is 4. The molecule has 1 amide bonds. The second-order valence-electron chi connectivity index (χ2n) is 11.0. The summed E-state index contributed by atoms with van der Waals surface area (Å²) in [5.74, 6) is -2.91. The minimum Gasteiger partial charge on any atom is -0.495 e. The van der Waals surface area contributed by atoms with Gasteiger partial charge in [-0.25, -0.2) is 22.2 Å². The van der Waals surface area contributed by atoms with Gasteiger partial charge in [0, 0.05) is 38.9 Å². The van der Waals surface area contributed by atoms with Crippen LogP contribution in [0.2, 0.25) is 0 Å². The Kier molecular flexibility index (Phi) is 10.3. The molecule has 4 rings (SSSR count). The SMILES string of the molecule is COc1cc(C(=O)N[C@H]2CCN(C)C[C@H]2F)c(F)cc1Nc1ncc(C(F)(F)F)c(NCc2ccc(C)cc2N(C)S(C)(=O)=O)n1. The van der Waals surface area contributed by atoms with Gasteiger partial charge in [-0.3, -0.25) is 9.10 Å². The van der Waals surface area contributed by atoms with Crippen LogP contribution in [0, 0.1) is 12.7 Å². The number of carbonyl (C=O) groups excluding carboxylic acids is 1. The monoisotopic (exact) mass is 671 g/mol. The Morgan fingerprint density at radius 2 is 1.93 bits per heavy atom. The van der Waals surface area contributed by atoms with Gasteiger partial charge in [0.05, 0.1) is 36.3 Å². The Morgan fingerprint density at radius 3 is 2.57 bits per heavy atom.